The number of aromatic amines is 1. The van der Waals surface area contributed by atoms with Crippen molar-refractivity contribution in [1.29, 1.82) is 0 Å². The van der Waals surface area contributed by atoms with Crippen molar-refractivity contribution < 1.29 is 0 Å². The molecule has 3 atom stereocenters. The molecule has 1 saturated heterocycles. The van der Waals surface area contributed by atoms with Crippen LogP contribution in [0.2, 0.25) is 0 Å². The highest BCUT2D eigenvalue weighted by atomic mass is 15.1. The molecule has 3 rings (SSSR count). The first-order chi connectivity index (χ1) is 9.84. The van der Waals surface area contributed by atoms with Crippen LogP contribution in [0.5, 0.6) is 0 Å². The second kappa shape index (κ2) is 6.72. The highest BCUT2D eigenvalue weighted by Crippen LogP contribution is 2.31. The topological polar surface area (TPSA) is 52.7 Å². The molecule has 20 heavy (non-hydrogen) atoms. The fourth-order valence-electron chi connectivity index (χ4n) is 3.99. The average molecular weight is 276 g/mol. The minimum atomic E-state index is 0.746. The lowest BCUT2D eigenvalue weighted by Gasteiger charge is -2.26. The lowest BCUT2D eigenvalue weighted by molar-refractivity contribution is 0.320. The van der Waals surface area contributed by atoms with Crippen LogP contribution >= 0.6 is 0 Å². The number of rotatable bonds is 6. The third-order valence-corrected chi connectivity index (χ3v) is 5.15. The molecule has 0 radical (unpaired) electrons. The van der Waals surface area contributed by atoms with Crippen molar-refractivity contribution in [3.63, 3.8) is 0 Å². The first-order valence-corrected chi connectivity index (χ1v) is 8.30. The van der Waals surface area contributed by atoms with Gasteiger partial charge in [-0.2, -0.15) is 5.10 Å². The molecule has 1 aromatic heterocycles. The summed E-state index contributed by atoms with van der Waals surface area (Å²) in [5.41, 5.74) is 2.59. The van der Waals surface area contributed by atoms with Gasteiger partial charge in [0.25, 0.3) is 0 Å². The van der Waals surface area contributed by atoms with Crippen molar-refractivity contribution in [2.75, 3.05) is 13.1 Å². The van der Waals surface area contributed by atoms with Gasteiger partial charge in [-0.3, -0.25) is 5.10 Å². The summed E-state index contributed by atoms with van der Waals surface area (Å²) in [7, 11) is 0. The molecule has 2 fully saturated rings. The third kappa shape index (κ3) is 3.23. The van der Waals surface area contributed by atoms with Crippen molar-refractivity contribution in [3.05, 3.63) is 17.5 Å². The maximum Gasteiger partial charge on any atom is 0.0522 e. The second-order valence-electron chi connectivity index (χ2n) is 6.48. The maximum absolute atomic E-state index is 4.09. The zero-order chi connectivity index (χ0) is 13.8. The zero-order valence-corrected chi connectivity index (χ0v) is 12.6. The van der Waals surface area contributed by atoms with Crippen LogP contribution in [0.1, 0.15) is 49.8 Å². The molecule has 1 aliphatic heterocycles. The molecule has 0 aromatic carbocycles. The van der Waals surface area contributed by atoms with Gasteiger partial charge in [-0.15, -0.1) is 0 Å². The summed E-state index contributed by atoms with van der Waals surface area (Å²) in [4.78, 5) is 0. The number of H-pyrrole nitrogens is 1. The van der Waals surface area contributed by atoms with Crippen LogP contribution in [-0.2, 0) is 6.42 Å². The summed E-state index contributed by atoms with van der Waals surface area (Å²) in [5.74, 6) is 0.869. The number of hydrogen-bond donors (Lipinski definition) is 3. The smallest absolute Gasteiger partial charge is 0.0522 e. The summed E-state index contributed by atoms with van der Waals surface area (Å²) in [6.07, 6.45) is 11.3. The van der Waals surface area contributed by atoms with Crippen LogP contribution < -0.4 is 10.6 Å². The Bertz CT molecular complexity index is 408. The normalized spacial score (nSPS) is 30.1. The van der Waals surface area contributed by atoms with Gasteiger partial charge < -0.3 is 10.6 Å². The van der Waals surface area contributed by atoms with Gasteiger partial charge in [0.05, 0.1) is 6.20 Å². The van der Waals surface area contributed by atoms with Gasteiger partial charge in [0.2, 0.25) is 0 Å². The monoisotopic (exact) mass is 276 g/mol. The van der Waals surface area contributed by atoms with Crippen molar-refractivity contribution in [1.82, 2.24) is 20.8 Å². The predicted molar refractivity (Wildman–Crippen MR) is 81.8 cm³/mol. The van der Waals surface area contributed by atoms with Crippen LogP contribution in [-0.4, -0.2) is 35.4 Å². The fourth-order valence-corrected chi connectivity index (χ4v) is 3.99. The van der Waals surface area contributed by atoms with Gasteiger partial charge in [-0.1, -0.05) is 6.42 Å². The molecule has 4 nitrogen and oxygen atoms in total. The van der Waals surface area contributed by atoms with Gasteiger partial charge in [0.15, 0.2) is 0 Å². The SMILES string of the molecule is Cc1[nH]ncc1CCCNC1CCCC1C1CCCN1. The Morgan fingerprint density at radius 3 is 3.00 bits per heavy atom. The van der Waals surface area contributed by atoms with E-state index in [2.05, 4.69) is 27.8 Å². The third-order valence-electron chi connectivity index (χ3n) is 5.15. The molecule has 1 saturated carbocycles. The quantitative estimate of drug-likeness (QED) is 0.698. The van der Waals surface area contributed by atoms with Crippen molar-refractivity contribution in [2.24, 2.45) is 5.92 Å². The Morgan fingerprint density at radius 1 is 1.30 bits per heavy atom. The first kappa shape index (κ1) is 14.1. The molecule has 0 bridgehead atoms. The van der Waals surface area contributed by atoms with E-state index >= 15 is 0 Å². The average Bonchev–Trinajstić information content (AvgIpc) is 3.16. The lowest BCUT2D eigenvalue weighted by Crippen LogP contribution is -2.42. The Kier molecular flexibility index (Phi) is 4.73. The van der Waals surface area contributed by atoms with Crippen LogP contribution in [0.4, 0.5) is 0 Å². The van der Waals surface area contributed by atoms with Gasteiger partial charge in [-0.25, -0.2) is 0 Å². The summed E-state index contributed by atoms with van der Waals surface area (Å²) < 4.78 is 0. The van der Waals surface area contributed by atoms with E-state index in [1.54, 1.807) is 0 Å². The first-order valence-electron chi connectivity index (χ1n) is 8.30. The standard InChI is InChI=1S/C16H28N4/c1-12-13(11-19-20-12)5-3-9-17-15-7-2-6-14(15)16-8-4-10-18-16/h11,14-18H,2-10H2,1H3,(H,19,20). The Labute approximate surface area is 122 Å². The molecule has 112 valence electrons. The number of aromatic nitrogens is 2. The van der Waals surface area contributed by atoms with E-state index in [0.717, 1.165) is 31.0 Å². The second-order valence-corrected chi connectivity index (χ2v) is 6.48. The highest BCUT2D eigenvalue weighted by Gasteiger charge is 2.34. The van der Waals surface area contributed by atoms with E-state index in [0.29, 0.717) is 0 Å². The van der Waals surface area contributed by atoms with Crippen LogP contribution in [0.3, 0.4) is 0 Å². The summed E-state index contributed by atoms with van der Waals surface area (Å²) in [5, 5.41) is 14.6. The molecule has 0 spiro atoms. The van der Waals surface area contributed by atoms with Crippen LogP contribution in [0, 0.1) is 12.8 Å². The molecular formula is C16H28N4. The van der Waals surface area contributed by atoms with E-state index < -0.39 is 0 Å². The Morgan fingerprint density at radius 2 is 2.25 bits per heavy atom. The molecule has 3 N–H and O–H groups in total. The van der Waals surface area contributed by atoms with E-state index in [4.69, 9.17) is 0 Å². The Hall–Kier alpha value is -0.870. The lowest BCUT2D eigenvalue weighted by atomic mass is 9.93. The summed E-state index contributed by atoms with van der Waals surface area (Å²) in [6.45, 7) is 4.47. The van der Waals surface area contributed by atoms with Gasteiger partial charge in [0.1, 0.15) is 0 Å². The van der Waals surface area contributed by atoms with E-state index in [1.807, 2.05) is 6.20 Å². The molecule has 2 heterocycles. The van der Waals surface area contributed by atoms with E-state index in [9.17, 15) is 0 Å². The van der Waals surface area contributed by atoms with Crippen LogP contribution in [0.15, 0.2) is 6.20 Å². The van der Waals surface area contributed by atoms with Crippen molar-refractivity contribution >= 4 is 0 Å². The van der Waals surface area contributed by atoms with Gasteiger partial charge in [-0.05, 0) is 70.0 Å². The van der Waals surface area contributed by atoms with E-state index in [1.165, 1.54) is 56.3 Å². The largest absolute Gasteiger partial charge is 0.314 e. The summed E-state index contributed by atoms with van der Waals surface area (Å²) >= 11 is 0. The van der Waals surface area contributed by atoms with Crippen molar-refractivity contribution in [3.8, 4) is 0 Å². The predicted octanol–water partition coefficient (Wildman–Crippen LogP) is 2.16. The van der Waals surface area contributed by atoms with Gasteiger partial charge >= 0.3 is 0 Å². The fraction of sp³-hybridized carbons (Fsp3) is 0.812. The minimum Gasteiger partial charge on any atom is -0.314 e. The molecular weight excluding hydrogens is 248 g/mol. The molecule has 0 amide bonds. The molecule has 2 aliphatic rings. The maximum atomic E-state index is 4.09. The Balaban J connectivity index is 1.40. The summed E-state index contributed by atoms with van der Waals surface area (Å²) in [6, 6.07) is 1.53. The van der Waals surface area contributed by atoms with Crippen LogP contribution in [0.25, 0.3) is 0 Å². The molecule has 3 unspecified atom stereocenters. The minimum absolute atomic E-state index is 0.746. The number of aryl methyl sites for hydroxylation is 2. The number of hydrogen-bond acceptors (Lipinski definition) is 3. The number of nitrogens with zero attached hydrogens (tertiary/aromatic N) is 1. The van der Waals surface area contributed by atoms with E-state index in [-0.39, 0.29) is 0 Å². The van der Waals surface area contributed by atoms with Gasteiger partial charge in [0, 0.05) is 17.8 Å². The highest BCUT2D eigenvalue weighted by molar-refractivity contribution is 5.14. The molecule has 1 aliphatic carbocycles. The molecule has 4 heteroatoms. The molecule has 1 aromatic rings. The van der Waals surface area contributed by atoms with Crippen molar-refractivity contribution in [2.45, 2.75) is 64.0 Å². The number of nitrogens with one attached hydrogen (secondary N) is 3. The zero-order valence-electron chi connectivity index (χ0n) is 12.6.